The summed E-state index contributed by atoms with van der Waals surface area (Å²) in [5, 5.41) is 0. The molecule has 0 spiro atoms. The van der Waals surface area contributed by atoms with Crippen LogP contribution >= 0.6 is 0 Å². The number of hydrogen-bond donors (Lipinski definition) is 0. The van der Waals surface area contributed by atoms with E-state index in [4.69, 9.17) is 0 Å². The van der Waals surface area contributed by atoms with E-state index in [1.807, 2.05) is 6.20 Å². The van der Waals surface area contributed by atoms with Gasteiger partial charge in [-0.2, -0.15) is 0 Å². The van der Waals surface area contributed by atoms with Gasteiger partial charge in [-0.1, -0.05) is 33.4 Å². The van der Waals surface area contributed by atoms with E-state index < -0.39 is 0 Å². The Morgan fingerprint density at radius 3 is 1.57 bits per heavy atom. The quantitative estimate of drug-likeness (QED) is 0.639. The summed E-state index contributed by atoms with van der Waals surface area (Å²) in [6, 6.07) is 0. The van der Waals surface area contributed by atoms with Crippen molar-refractivity contribution >= 4 is 0 Å². The standard InChI is InChI=1S/C13H25N/c1-9-11(12(3,4)5)14(10-2)13(6,7)8/h9-10H,2H2,1,3-8H3/b11-9-. The third-order valence-corrected chi connectivity index (χ3v) is 2.21. The first kappa shape index (κ1) is 13.3. The van der Waals surface area contributed by atoms with Crippen molar-refractivity contribution in [3.8, 4) is 0 Å². The summed E-state index contributed by atoms with van der Waals surface area (Å²) in [7, 11) is 0. The molecule has 0 aromatic heterocycles. The minimum absolute atomic E-state index is 0.0941. The van der Waals surface area contributed by atoms with E-state index >= 15 is 0 Å². The van der Waals surface area contributed by atoms with Gasteiger partial charge in [-0.05, 0) is 33.9 Å². The average Bonchev–Trinajstić information content (AvgIpc) is 1.94. The van der Waals surface area contributed by atoms with Gasteiger partial charge >= 0.3 is 0 Å². The van der Waals surface area contributed by atoms with E-state index in [2.05, 4.69) is 66.0 Å². The number of nitrogens with zero attached hydrogens (tertiary/aromatic N) is 1. The van der Waals surface area contributed by atoms with Crippen LogP contribution in [0.1, 0.15) is 48.5 Å². The fourth-order valence-electron chi connectivity index (χ4n) is 1.67. The van der Waals surface area contributed by atoms with Crippen molar-refractivity contribution in [1.29, 1.82) is 0 Å². The predicted octanol–water partition coefficient (Wildman–Crippen LogP) is 4.18. The van der Waals surface area contributed by atoms with Crippen molar-refractivity contribution in [1.82, 2.24) is 4.90 Å². The SMILES string of the molecule is C=CN(/C(=C\C)C(C)(C)C)C(C)(C)C. The number of hydrogen-bond acceptors (Lipinski definition) is 1. The summed E-state index contributed by atoms with van der Waals surface area (Å²) in [4.78, 5) is 2.24. The molecule has 0 atom stereocenters. The van der Waals surface area contributed by atoms with Crippen molar-refractivity contribution < 1.29 is 0 Å². The monoisotopic (exact) mass is 195 g/mol. The second-order valence-corrected chi connectivity index (χ2v) is 5.65. The number of allylic oxidation sites excluding steroid dienone is 2. The molecule has 0 saturated heterocycles. The van der Waals surface area contributed by atoms with Crippen LogP contribution in [0.2, 0.25) is 0 Å². The Labute approximate surface area is 89.5 Å². The van der Waals surface area contributed by atoms with Crippen LogP contribution in [0.4, 0.5) is 0 Å². The summed E-state index contributed by atoms with van der Waals surface area (Å²) < 4.78 is 0. The molecule has 0 aliphatic rings. The summed E-state index contributed by atoms with van der Waals surface area (Å²) in [5.74, 6) is 0. The Balaban J connectivity index is 5.13. The highest BCUT2D eigenvalue weighted by molar-refractivity contribution is 5.14. The Morgan fingerprint density at radius 1 is 1.07 bits per heavy atom. The maximum absolute atomic E-state index is 3.89. The van der Waals surface area contributed by atoms with Crippen LogP contribution in [-0.2, 0) is 0 Å². The lowest BCUT2D eigenvalue weighted by molar-refractivity contribution is 0.210. The second kappa shape index (κ2) is 4.20. The van der Waals surface area contributed by atoms with Gasteiger partial charge in [-0.25, -0.2) is 0 Å². The van der Waals surface area contributed by atoms with Crippen LogP contribution in [0.25, 0.3) is 0 Å². The highest BCUT2D eigenvalue weighted by atomic mass is 15.2. The maximum atomic E-state index is 3.89. The van der Waals surface area contributed by atoms with Gasteiger partial charge in [0.25, 0.3) is 0 Å². The Hall–Kier alpha value is -0.720. The maximum Gasteiger partial charge on any atom is 0.0358 e. The van der Waals surface area contributed by atoms with E-state index in [-0.39, 0.29) is 11.0 Å². The fourth-order valence-corrected chi connectivity index (χ4v) is 1.67. The molecular weight excluding hydrogens is 170 g/mol. The zero-order chi connectivity index (χ0) is 11.6. The van der Waals surface area contributed by atoms with Gasteiger partial charge in [-0.3, -0.25) is 0 Å². The van der Waals surface area contributed by atoms with Crippen LogP contribution in [-0.4, -0.2) is 10.4 Å². The van der Waals surface area contributed by atoms with E-state index in [9.17, 15) is 0 Å². The van der Waals surface area contributed by atoms with Gasteiger partial charge in [0, 0.05) is 16.7 Å². The molecule has 14 heavy (non-hydrogen) atoms. The molecule has 82 valence electrons. The summed E-state index contributed by atoms with van der Waals surface area (Å²) in [6.07, 6.45) is 4.09. The van der Waals surface area contributed by atoms with Crippen LogP contribution in [0.3, 0.4) is 0 Å². The first-order valence-electron chi connectivity index (χ1n) is 5.23. The molecule has 1 nitrogen and oxygen atoms in total. The second-order valence-electron chi connectivity index (χ2n) is 5.65. The Kier molecular flexibility index (Phi) is 3.99. The Morgan fingerprint density at radius 2 is 1.50 bits per heavy atom. The van der Waals surface area contributed by atoms with Crippen LogP contribution in [0, 0.1) is 5.41 Å². The van der Waals surface area contributed by atoms with Gasteiger partial charge in [0.15, 0.2) is 0 Å². The molecule has 0 amide bonds. The number of rotatable bonds is 2. The highest BCUT2D eigenvalue weighted by Crippen LogP contribution is 2.33. The first-order chi connectivity index (χ1) is 6.14. The molecule has 0 aromatic rings. The molecule has 0 aliphatic carbocycles. The summed E-state index contributed by atoms with van der Waals surface area (Å²) >= 11 is 0. The van der Waals surface area contributed by atoms with E-state index in [1.54, 1.807) is 0 Å². The molecule has 0 saturated carbocycles. The highest BCUT2D eigenvalue weighted by Gasteiger charge is 2.27. The molecule has 0 fully saturated rings. The fraction of sp³-hybridized carbons (Fsp3) is 0.692. The van der Waals surface area contributed by atoms with Crippen molar-refractivity contribution in [2.45, 2.75) is 54.0 Å². The molecule has 0 rings (SSSR count). The van der Waals surface area contributed by atoms with Gasteiger partial charge in [-0.15, -0.1) is 0 Å². The van der Waals surface area contributed by atoms with Gasteiger partial charge in [0.2, 0.25) is 0 Å². The largest absolute Gasteiger partial charge is 0.347 e. The van der Waals surface area contributed by atoms with E-state index in [0.29, 0.717) is 0 Å². The van der Waals surface area contributed by atoms with E-state index in [1.165, 1.54) is 5.70 Å². The summed E-state index contributed by atoms with van der Waals surface area (Å²) in [5.41, 5.74) is 1.58. The smallest absolute Gasteiger partial charge is 0.0358 e. The lowest BCUT2D eigenvalue weighted by Gasteiger charge is -2.41. The van der Waals surface area contributed by atoms with Crippen LogP contribution in [0.5, 0.6) is 0 Å². The molecule has 0 unspecified atom stereocenters. The lowest BCUT2D eigenvalue weighted by Crippen LogP contribution is -2.40. The van der Waals surface area contributed by atoms with Gasteiger partial charge in [0.1, 0.15) is 0 Å². The van der Waals surface area contributed by atoms with Crippen molar-refractivity contribution in [3.05, 3.63) is 24.6 Å². The third-order valence-electron chi connectivity index (χ3n) is 2.21. The Bertz CT molecular complexity index is 223. The first-order valence-corrected chi connectivity index (χ1v) is 5.23. The predicted molar refractivity (Wildman–Crippen MR) is 65.0 cm³/mol. The topological polar surface area (TPSA) is 3.24 Å². The normalized spacial score (nSPS) is 14.1. The average molecular weight is 195 g/mol. The van der Waals surface area contributed by atoms with Gasteiger partial charge in [0.05, 0.1) is 0 Å². The molecule has 0 heterocycles. The molecule has 0 aliphatic heterocycles. The van der Waals surface area contributed by atoms with E-state index in [0.717, 1.165) is 0 Å². The van der Waals surface area contributed by atoms with Crippen molar-refractivity contribution in [2.24, 2.45) is 5.41 Å². The van der Waals surface area contributed by atoms with Crippen molar-refractivity contribution in [2.75, 3.05) is 0 Å². The molecule has 0 aromatic carbocycles. The summed E-state index contributed by atoms with van der Waals surface area (Å²) in [6.45, 7) is 19.3. The molecule has 0 N–H and O–H groups in total. The molecular formula is C13H25N. The zero-order valence-electron chi connectivity index (χ0n) is 10.8. The van der Waals surface area contributed by atoms with Gasteiger partial charge < -0.3 is 4.90 Å². The third kappa shape index (κ3) is 3.21. The van der Waals surface area contributed by atoms with Crippen molar-refractivity contribution in [3.63, 3.8) is 0 Å². The molecule has 0 bridgehead atoms. The minimum Gasteiger partial charge on any atom is -0.347 e. The van der Waals surface area contributed by atoms with Crippen LogP contribution in [0.15, 0.2) is 24.6 Å². The minimum atomic E-state index is 0.0941. The lowest BCUT2D eigenvalue weighted by atomic mass is 9.88. The molecule has 0 radical (unpaired) electrons. The van der Waals surface area contributed by atoms with Crippen LogP contribution < -0.4 is 0 Å². The zero-order valence-corrected chi connectivity index (χ0v) is 10.8. The molecule has 1 heteroatoms.